The zero-order chi connectivity index (χ0) is 10.2. The Kier molecular flexibility index (Phi) is 1.92. The van der Waals surface area contributed by atoms with Crippen LogP contribution in [0.25, 0.3) is 11.1 Å². The number of sulfonamides is 1. The summed E-state index contributed by atoms with van der Waals surface area (Å²) in [6, 6.07) is 4.90. The molecule has 0 unspecified atom stereocenters. The van der Waals surface area contributed by atoms with Crippen molar-refractivity contribution in [1.82, 2.24) is 4.98 Å². The van der Waals surface area contributed by atoms with Gasteiger partial charge in [-0.25, -0.2) is 13.4 Å². The smallest absolute Gasteiger partial charge is 0.229 e. The maximum Gasteiger partial charge on any atom is 0.229 e. The molecule has 0 saturated carbocycles. The molecule has 1 heterocycles. The van der Waals surface area contributed by atoms with Crippen molar-refractivity contribution in [2.75, 3.05) is 11.0 Å². The lowest BCUT2D eigenvalue weighted by molar-refractivity contribution is 0.602. The van der Waals surface area contributed by atoms with Crippen LogP contribution in [0.3, 0.4) is 0 Å². The van der Waals surface area contributed by atoms with E-state index >= 15 is 0 Å². The summed E-state index contributed by atoms with van der Waals surface area (Å²) in [5, 5.41) is 0. The zero-order valence-corrected chi connectivity index (χ0v) is 8.21. The monoisotopic (exact) mass is 212 g/mol. The molecule has 0 spiro atoms. The molecule has 0 aliphatic rings. The second-order valence-corrected chi connectivity index (χ2v) is 4.66. The summed E-state index contributed by atoms with van der Waals surface area (Å²) >= 11 is 0. The number of oxazole rings is 1. The number of nitrogens with zero attached hydrogens (tertiary/aromatic N) is 1. The zero-order valence-electron chi connectivity index (χ0n) is 7.39. The topological polar surface area (TPSA) is 72.2 Å². The van der Waals surface area contributed by atoms with Gasteiger partial charge in [0, 0.05) is 6.07 Å². The van der Waals surface area contributed by atoms with Crippen LogP contribution in [-0.2, 0) is 10.0 Å². The van der Waals surface area contributed by atoms with Crippen LogP contribution < -0.4 is 4.72 Å². The Morgan fingerprint density at radius 1 is 1.43 bits per heavy atom. The molecule has 0 bridgehead atoms. The molecule has 0 fully saturated rings. The van der Waals surface area contributed by atoms with Crippen molar-refractivity contribution in [3.8, 4) is 0 Å². The van der Waals surface area contributed by atoms with Crippen molar-refractivity contribution in [1.29, 1.82) is 0 Å². The average molecular weight is 212 g/mol. The van der Waals surface area contributed by atoms with Gasteiger partial charge in [0.25, 0.3) is 0 Å². The maximum absolute atomic E-state index is 10.9. The van der Waals surface area contributed by atoms with Gasteiger partial charge in [0.1, 0.15) is 5.52 Å². The third kappa shape index (κ3) is 1.85. The number of anilines is 1. The third-order valence-corrected chi connectivity index (χ3v) is 2.24. The van der Waals surface area contributed by atoms with E-state index < -0.39 is 10.0 Å². The Balaban J connectivity index is 2.44. The molecule has 0 amide bonds. The molecule has 0 radical (unpaired) electrons. The SMILES string of the molecule is CS(=O)(=O)Nc1ccc2ncoc2c1. The Morgan fingerprint density at radius 3 is 2.93 bits per heavy atom. The number of benzene rings is 1. The number of hydrogen-bond acceptors (Lipinski definition) is 4. The van der Waals surface area contributed by atoms with Crippen LogP contribution >= 0.6 is 0 Å². The third-order valence-electron chi connectivity index (χ3n) is 1.63. The van der Waals surface area contributed by atoms with E-state index in [0.29, 0.717) is 16.8 Å². The Labute approximate surface area is 80.8 Å². The highest BCUT2D eigenvalue weighted by Crippen LogP contribution is 2.18. The van der Waals surface area contributed by atoms with Crippen LogP contribution in [-0.4, -0.2) is 19.7 Å². The molecule has 5 nitrogen and oxygen atoms in total. The van der Waals surface area contributed by atoms with Gasteiger partial charge in [-0.3, -0.25) is 4.72 Å². The van der Waals surface area contributed by atoms with Crippen molar-refractivity contribution in [2.45, 2.75) is 0 Å². The highest BCUT2D eigenvalue weighted by molar-refractivity contribution is 7.92. The second-order valence-electron chi connectivity index (χ2n) is 2.91. The molecular formula is C8H8N2O3S. The van der Waals surface area contributed by atoms with Gasteiger partial charge < -0.3 is 4.42 Å². The Bertz CT molecular complexity index is 559. The first-order valence-electron chi connectivity index (χ1n) is 3.86. The summed E-state index contributed by atoms with van der Waals surface area (Å²) in [5.41, 5.74) is 1.72. The highest BCUT2D eigenvalue weighted by Gasteiger charge is 2.04. The first kappa shape index (κ1) is 9.01. The van der Waals surface area contributed by atoms with Crippen molar-refractivity contribution < 1.29 is 12.8 Å². The minimum atomic E-state index is -3.24. The number of nitrogens with one attached hydrogen (secondary N) is 1. The summed E-state index contributed by atoms with van der Waals surface area (Å²) < 4.78 is 29.2. The van der Waals surface area contributed by atoms with Gasteiger partial charge in [-0.2, -0.15) is 0 Å². The predicted molar refractivity (Wildman–Crippen MR) is 52.5 cm³/mol. The molecule has 14 heavy (non-hydrogen) atoms. The van der Waals surface area contributed by atoms with E-state index in [2.05, 4.69) is 9.71 Å². The first-order valence-corrected chi connectivity index (χ1v) is 5.75. The summed E-state index contributed by atoms with van der Waals surface area (Å²) in [6.45, 7) is 0. The van der Waals surface area contributed by atoms with Gasteiger partial charge in [0.15, 0.2) is 12.0 Å². The maximum atomic E-state index is 10.9. The quantitative estimate of drug-likeness (QED) is 0.811. The molecule has 1 aromatic heterocycles. The van der Waals surface area contributed by atoms with Gasteiger partial charge in [0.2, 0.25) is 10.0 Å². The fraction of sp³-hybridized carbons (Fsp3) is 0.125. The van der Waals surface area contributed by atoms with Gasteiger partial charge >= 0.3 is 0 Å². The van der Waals surface area contributed by atoms with E-state index in [-0.39, 0.29) is 0 Å². The number of rotatable bonds is 2. The van der Waals surface area contributed by atoms with Crippen LogP contribution in [0.5, 0.6) is 0 Å². The second kappa shape index (κ2) is 2.98. The summed E-state index contributed by atoms with van der Waals surface area (Å²) in [7, 11) is -3.24. The number of hydrogen-bond donors (Lipinski definition) is 1. The van der Waals surface area contributed by atoms with Crippen molar-refractivity contribution >= 4 is 26.8 Å². The van der Waals surface area contributed by atoms with E-state index in [1.54, 1.807) is 18.2 Å². The van der Waals surface area contributed by atoms with Crippen LogP contribution in [0.15, 0.2) is 29.0 Å². The van der Waals surface area contributed by atoms with Gasteiger partial charge in [-0.15, -0.1) is 0 Å². The number of aromatic nitrogens is 1. The molecule has 74 valence electrons. The van der Waals surface area contributed by atoms with E-state index in [1.165, 1.54) is 6.39 Å². The van der Waals surface area contributed by atoms with E-state index in [1.807, 2.05) is 0 Å². The summed E-state index contributed by atoms with van der Waals surface area (Å²) in [4.78, 5) is 3.91. The lowest BCUT2D eigenvalue weighted by atomic mass is 10.3. The molecule has 0 aliphatic carbocycles. The normalized spacial score (nSPS) is 11.8. The van der Waals surface area contributed by atoms with Gasteiger partial charge in [-0.05, 0) is 12.1 Å². The van der Waals surface area contributed by atoms with E-state index in [0.717, 1.165) is 6.26 Å². The fourth-order valence-electron chi connectivity index (χ4n) is 1.13. The molecule has 0 aliphatic heterocycles. The highest BCUT2D eigenvalue weighted by atomic mass is 32.2. The van der Waals surface area contributed by atoms with Crippen molar-refractivity contribution in [2.24, 2.45) is 0 Å². The van der Waals surface area contributed by atoms with E-state index in [4.69, 9.17) is 4.42 Å². The van der Waals surface area contributed by atoms with Crippen LogP contribution in [0, 0.1) is 0 Å². The first-order chi connectivity index (χ1) is 6.54. The Morgan fingerprint density at radius 2 is 2.21 bits per heavy atom. The van der Waals surface area contributed by atoms with Crippen molar-refractivity contribution in [3.63, 3.8) is 0 Å². The van der Waals surface area contributed by atoms with Gasteiger partial charge in [0.05, 0.1) is 11.9 Å². The molecule has 2 aromatic rings. The lowest BCUT2D eigenvalue weighted by Gasteiger charge is -2.01. The molecule has 0 saturated heterocycles. The summed E-state index contributed by atoms with van der Waals surface area (Å²) in [5.74, 6) is 0. The minimum Gasteiger partial charge on any atom is -0.443 e. The van der Waals surface area contributed by atoms with Gasteiger partial charge in [-0.1, -0.05) is 0 Å². The summed E-state index contributed by atoms with van der Waals surface area (Å²) in [6.07, 6.45) is 2.41. The molecule has 0 atom stereocenters. The molecule has 2 rings (SSSR count). The molecule has 1 aromatic carbocycles. The predicted octanol–water partition coefficient (Wildman–Crippen LogP) is 1.20. The largest absolute Gasteiger partial charge is 0.443 e. The van der Waals surface area contributed by atoms with Crippen LogP contribution in [0.4, 0.5) is 5.69 Å². The van der Waals surface area contributed by atoms with Crippen molar-refractivity contribution in [3.05, 3.63) is 24.6 Å². The number of fused-ring (bicyclic) bond motifs is 1. The fourth-order valence-corrected chi connectivity index (χ4v) is 1.69. The Hall–Kier alpha value is -1.56. The van der Waals surface area contributed by atoms with Crippen LogP contribution in [0.2, 0.25) is 0 Å². The minimum absolute atomic E-state index is 0.469. The molecule has 1 N–H and O–H groups in total. The standard InChI is InChI=1S/C8H8N2O3S/c1-14(11,12)10-6-2-3-7-8(4-6)13-5-9-7/h2-5,10H,1H3. The average Bonchev–Trinajstić information content (AvgIpc) is 2.47. The van der Waals surface area contributed by atoms with E-state index in [9.17, 15) is 8.42 Å². The molecular weight excluding hydrogens is 204 g/mol. The lowest BCUT2D eigenvalue weighted by Crippen LogP contribution is -2.09. The van der Waals surface area contributed by atoms with Crippen LogP contribution in [0.1, 0.15) is 0 Å². The molecule has 6 heteroatoms.